The van der Waals surface area contributed by atoms with Crippen molar-refractivity contribution in [2.75, 3.05) is 4.72 Å². The molecular formula is C16H19NO3S. The standard InChI is InChI=1S/C16H19NO3S/c1-3-12(2)13-4-10-16(11-5-13)21(19,20)17-14-6-8-15(18)9-7-14/h4-12,17-18H,3H2,1-2H3/t12-/m0/s1. The molecule has 2 N–H and O–H groups in total. The molecule has 0 amide bonds. The summed E-state index contributed by atoms with van der Waals surface area (Å²) in [6, 6.07) is 12.8. The van der Waals surface area contributed by atoms with Crippen molar-refractivity contribution < 1.29 is 13.5 Å². The van der Waals surface area contributed by atoms with Crippen LogP contribution in [0, 0.1) is 0 Å². The first-order valence-corrected chi connectivity index (χ1v) is 8.32. The van der Waals surface area contributed by atoms with E-state index in [9.17, 15) is 13.5 Å². The molecule has 2 aromatic rings. The maximum atomic E-state index is 12.3. The number of phenolic OH excluding ortho intramolecular Hbond substituents is 1. The van der Waals surface area contributed by atoms with Crippen LogP contribution >= 0.6 is 0 Å². The molecule has 0 spiro atoms. The van der Waals surface area contributed by atoms with Crippen LogP contribution in [0.25, 0.3) is 0 Å². The molecule has 0 aliphatic rings. The molecule has 0 aromatic heterocycles. The van der Waals surface area contributed by atoms with E-state index < -0.39 is 10.0 Å². The smallest absolute Gasteiger partial charge is 0.261 e. The molecule has 0 unspecified atom stereocenters. The van der Waals surface area contributed by atoms with E-state index in [4.69, 9.17) is 0 Å². The quantitative estimate of drug-likeness (QED) is 0.828. The van der Waals surface area contributed by atoms with Crippen LogP contribution in [0.2, 0.25) is 0 Å². The average Bonchev–Trinajstić information content (AvgIpc) is 2.49. The van der Waals surface area contributed by atoms with Crippen molar-refractivity contribution in [3.05, 3.63) is 54.1 Å². The minimum absolute atomic E-state index is 0.0934. The van der Waals surface area contributed by atoms with E-state index in [0.717, 1.165) is 12.0 Å². The van der Waals surface area contributed by atoms with Crippen molar-refractivity contribution in [2.24, 2.45) is 0 Å². The maximum absolute atomic E-state index is 12.3. The number of aromatic hydroxyl groups is 1. The van der Waals surface area contributed by atoms with Gasteiger partial charge in [0, 0.05) is 5.69 Å². The van der Waals surface area contributed by atoms with Crippen molar-refractivity contribution in [2.45, 2.75) is 31.1 Å². The van der Waals surface area contributed by atoms with Crippen LogP contribution in [0.5, 0.6) is 5.75 Å². The van der Waals surface area contributed by atoms with E-state index in [1.807, 2.05) is 12.1 Å². The van der Waals surface area contributed by atoms with Gasteiger partial charge in [-0.15, -0.1) is 0 Å². The molecule has 0 saturated carbocycles. The summed E-state index contributed by atoms with van der Waals surface area (Å²) in [6.07, 6.45) is 1.01. The van der Waals surface area contributed by atoms with Gasteiger partial charge in [0.2, 0.25) is 0 Å². The summed E-state index contributed by atoms with van der Waals surface area (Å²) in [5.41, 5.74) is 1.54. The second-order valence-electron chi connectivity index (χ2n) is 5.03. The number of benzene rings is 2. The van der Waals surface area contributed by atoms with Gasteiger partial charge in [0.25, 0.3) is 10.0 Å². The first-order valence-electron chi connectivity index (χ1n) is 6.84. The average molecular weight is 305 g/mol. The minimum Gasteiger partial charge on any atom is -0.508 e. The zero-order valence-electron chi connectivity index (χ0n) is 12.1. The molecule has 5 heteroatoms. The zero-order chi connectivity index (χ0) is 15.5. The Morgan fingerprint density at radius 2 is 1.62 bits per heavy atom. The number of sulfonamides is 1. The first-order chi connectivity index (χ1) is 9.92. The van der Waals surface area contributed by atoms with Crippen LogP contribution in [0.1, 0.15) is 31.7 Å². The Balaban J connectivity index is 2.21. The summed E-state index contributed by atoms with van der Waals surface area (Å²) in [6.45, 7) is 4.21. The highest BCUT2D eigenvalue weighted by molar-refractivity contribution is 7.92. The first kappa shape index (κ1) is 15.4. The van der Waals surface area contributed by atoms with E-state index in [1.165, 1.54) is 24.3 Å². The van der Waals surface area contributed by atoms with Crippen molar-refractivity contribution in [1.82, 2.24) is 0 Å². The minimum atomic E-state index is -3.61. The normalized spacial score (nSPS) is 12.9. The Kier molecular flexibility index (Phi) is 4.53. The summed E-state index contributed by atoms with van der Waals surface area (Å²) in [4.78, 5) is 0.225. The maximum Gasteiger partial charge on any atom is 0.261 e. The van der Waals surface area contributed by atoms with E-state index in [2.05, 4.69) is 18.6 Å². The Bertz CT molecular complexity index is 691. The van der Waals surface area contributed by atoms with Crippen molar-refractivity contribution in [3.63, 3.8) is 0 Å². The molecule has 2 aromatic carbocycles. The lowest BCUT2D eigenvalue weighted by Gasteiger charge is -2.11. The number of hydrogen-bond acceptors (Lipinski definition) is 3. The van der Waals surface area contributed by atoms with E-state index in [1.54, 1.807) is 12.1 Å². The monoisotopic (exact) mass is 305 g/mol. The molecule has 0 saturated heterocycles. The highest BCUT2D eigenvalue weighted by Crippen LogP contribution is 2.22. The van der Waals surface area contributed by atoms with E-state index in [0.29, 0.717) is 11.6 Å². The van der Waals surface area contributed by atoms with Crippen LogP contribution in [0.4, 0.5) is 5.69 Å². The van der Waals surface area contributed by atoms with Crippen LogP contribution in [-0.2, 0) is 10.0 Å². The molecule has 0 fully saturated rings. The Morgan fingerprint density at radius 3 is 2.14 bits per heavy atom. The molecular weight excluding hydrogens is 286 g/mol. The molecule has 0 bridgehead atoms. The highest BCUT2D eigenvalue weighted by Gasteiger charge is 2.14. The van der Waals surface area contributed by atoms with E-state index >= 15 is 0 Å². The number of phenols is 1. The molecule has 2 rings (SSSR count). The van der Waals surface area contributed by atoms with Gasteiger partial charge in [-0.3, -0.25) is 4.72 Å². The second kappa shape index (κ2) is 6.18. The van der Waals surface area contributed by atoms with Crippen LogP contribution in [-0.4, -0.2) is 13.5 Å². The summed E-state index contributed by atoms with van der Waals surface area (Å²) in [5.74, 6) is 0.502. The third-order valence-electron chi connectivity index (χ3n) is 3.49. The molecule has 0 aliphatic carbocycles. The zero-order valence-corrected chi connectivity index (χ0v) is 12.9. The van der Waals surface area contributed by atoms with E-state index in [-0.39, 0.29) is 10.6 Å². The van der Waals surface area contributed by atoms with Gasteiger partial charge in [0.1, 0.15) is 5.75 Å². The Morgan fingerprint density at radius 1 is 1.05 bits per heavy atom. The third-order valence-corrected chi connectivity index (χ3v) is 4.89. The molecule has 21 heavy (non-hydrogen) atoms. The predicted molar refractivity (Wildman–Crippen MR) is 84.1 cm³/mol. The Labute approximate surface area is 125 Å². The van der Waals surface area contributed by atoms with Crippen molar-refractivity contribution in [1.29, 1.82) is 0 Å². The van der Waals surface area contributed by atoms with Crippen molar-refractivity contribution in [3.8, 4) is 5.75 Å². The van der Waals surface area contributed by atoms with Gasteiger partial charge < -0.3 is 5.11 Å². The molecule has 0 aliphatic heterocycles. The lowest BCUT2D eigenvalue weighted by Crippen LogP contribution is -2.12. The SMILES string of the molecule is CC[C@H](C)c1ccc(S(=O)(=O)Nc2ccc(O)cc2)cc1. The second-order valence-corrected chi connectivity index (χ2v) is 6.71. The van der Waals surface area contributed by atoms with Gasteiger partial charge in [-0.05, 0) is 54.3 Å². The van der Waals surface area contributed by atoms with Gasteiger partial charge >= 0.3 is 0 Å². The largest absolute Gasteiger partial charge is 0.508 e. The molecule has 4 nitrogen and oxygen atoms in total. The lowest BCUT2D eigenvalue weighted by molar-refractivity contribution is 0.475. The van der Waals surface area contributed by atoms with Crippen LogP contribution in [0.3, 0.4) is 0 Å². The van der Waals surface area contributed by atoms with Crippen LogP contribution in [0.15, 0.2) is 53.4 Å². The predicted octanol–water partition coefficient (Wildman–Crippen LogP) is 3.71. The number of rotatable bonds is 5. The molecule has 1 atom stereocenters. The lowest BCUT2D eigenvalue weighted by atomic mass is 9.99. The van der Waals surface area contributed by atoms with Gasteiger partial charge in [0.05, 0.1) is 4.90 Å². The number of anilines is 1. The van der Waals surface area contributed by atoms with Gasteiger partial charge in [-0.1, -0.05) is 26.0 Å². The fourth-order valence-corrected chi connectivity index (χ4v) is 3.01. The summed E-state index contributed by atoms with van der Waals surface area (Å²) in [7, 11) is -3.61. The Hall–Kier alpha value is -2.01. The summed E-state index contributed by atoms with van der Waals surface area (Å²) >= 11 is 0. The van der Waals surface area contributed by atoms with Gasteiger partial charge in [-0.25, -0.2) is 8.42 Å². The molecule has 0 radical (unpaired) electrons. The third kappa shape index (κ3) is 3.76. The topological polar surface area (TPSA) is 66.4 Å². The number of nitrogens with one attached hydrogen (secondary N) is 1. The van der Waals surface area contributed by atoms with Crippen molar-refractivity contribution >= 4 is 15.7 Å². The van der Waals surface area contributed by atoms with Gasteiger partial charge in [-0.2, -0.15) is 0 Å². The summed E-state index contributed by atoms with van der Waals surface area (Å²) in [5, 5.41) is 9.20. The van der Waals surface area contributed by atoms with Crippen LogP contribution < -0.4 is 4.72 Å². The molecule has 0 heterocycles. The van der Waals surface area contributed by atoms with Gasteiger partial charge in [0.15, 0.2) is 0 Å². The fourth-order valence-electron chi connectivity index (χ4n) is 1.95. The highest BCUT2D eigenvalue weighted by atomic mass is 32.2. The summed E-state index contributed by atoms with van der Waals surface area (Å²) < 4.78 is 27.0. The molecule has 112 valence electrons. The fraction of sp³-hybridized carbons (Fsp3) is 0.250. The number of hydrogen-bond donors (Lipinski definition) is 2.